The Labute approximate surface area is 116 Å². The zero-order chi connectivity index (χ0) is 13.2. The zero-order valence-electron chi connectivity index (χ0n) is 9.60. The molecule has 0 unspecified atom stereocenters. The molecule has 0 atom stereocenters. The Morgan fingerprint density at radius 2 is 1.84 bits per heavy atom. The van der Waals surface area contributed by atoms with Gasteiger partial charge < -0.3 is 5.73 Å². The normalized spacial score (nSPS) is 10.6. The molecule has 0 aliphatic heterocycles. The van der Waals surface area contributed by atoms with Gasteiger partial charge >= 0.3 is 0 Å². The van der Waals surface area contributed by atoms with E-state index in [0.717, 1.165) is 10.0 Å². The summed E-state index contributed by atoms with van der Waals surface area (Å²) >= 11 is 3.38. The fourth-order valence-electron chi connectivity index (χ4n) is 1.52. The second-order valence-electron chi connectivity index (χ2n) is 3.66. The number of benzene rings is 1. The molecular weight excluding hydrogens is 310 g/mol. The van der Waals surface area contributed by atoms with Gasteiger partial charge in [0.05, 0.1) is 0 Å². The van der Waals surface area contributed by atoms with Crippen molar-refractivity contribution in [2.45, 2.75) is 0 Å². The number of anilines is 1. The zero-order valence-corrected chi connectivity index (χ0v) is 11.2. The highest BCUT2D eigenvalue weighted by atomic mass is 79.9. The summed E-state index contributed by atoms with van der Waals surface area (Å²) in [6.45, 7) is 0. The summed E-state index contributed by atoms with van der Waals surface area (Å²) in [5.41, 5.74) is 6.55. The fourth-order valence-corrected chi connectivity index (χ4v) is 1.79. The fraction of sp³-hybridized carbons (Fsp3) is 0. The molecule has 1 aromatic carbocycles. The molecule has 2 heterocycles. The third-order valence-electron chi connectivity index (χ3n) is 2.37. The molecule has 0 saturated heterocycles. The van der Waals surface area contributed by atoms with E-state index in [1.54, 1.807) is 0 Å². The minimum Gasteiger partial charge on any atom is -0.368 e. The van der Waals surface area contributed by atoms with Crippen molar-refractivity contribution in [2.75, 3.05) is 5.73 Å². The highest BCUT2D eigenvalue weighted by Gasteiger charge is 2.08. The maximum atomic E-state index is 5.70. The van der Waals surface area contributed by atoms with Crippen molar-refractivity contribution < 1.29 is 0 Å². The summed E-state index contributed by atoms with van der Waals surface area (Å²) in [6, 6.07) is 7.60. The molecule has 0 saturated carbocycles. The minimum atomic E-state index is 0.137. The van der Waals surface area contributed by atoms with Crippen LogP contribution in [0.5, 0.6) is 0 Å². The molecule has 3 aromatic rings. The van der Waals surface area contributed by atoms with Crippen LogP contribution in [-0.4, -0.2) is 29.7 Å². The minimum absolute atomic E-state index is 0.137. The van der Waals surface area contributed by atoms with E-state index in [9.17, 15) is 0 Å². The van der Waals surface area contributed by atoms with Gasteiger partial charge in [-0.2, -0.15) is 24.7 Å². The lowest BCUT2D eigenvalue weighted by atomic mass is 10.2. The number of hydrogen-bond donors (Lipinski definition) is 1. The summed E-state index contributed by atoms with van der Waals surface area (Å²) in [5.74, 6) is 0.965. The van der Waals surface area contributed by atoms with Crippen molar-refractivity contribution in [1.82, 2.24) is 29.7 Å². The average molecular weight is 318 g/mol. The predicted molar refractivity (Wildman–Crippen MR) is 72.3 cm³/mol. The maximum absolute atomic E-state index is 5.70. The summed E-state index contributed by atoms with van der Waals surface area (Å²) in [7, 11) is 0. The summed E-state index contributed by atoms with van der Waals surface area (Å²) < 4.78 is 2.41. The van der Waals surface area contributed by atoms with Crippen LogP contribution >= 0.6 is 15.9 Å². The number of nitrogens with zero attached hydrogens (tertiary/aromatic N) is 6. The van der Waals surface area contributed by atoms with E-state index >= 15 is 0 Å². The lowest BCUT2D eigenvalue weighted by Gasteiger charge is -2.04. The lowest BCUT2D eigenvalue weighted by molar-refractivity contribution is 0.800. The molecule has 0 aliphatic carbocycles. The van der Waals surface area contributed by atoms with E-state index in [4.69, 9.17) is 5.73 Å². The molecule has 0 fully saturated rings. The van der Waals surface area contributed by atoms with Crippen molar-refractivity contribution in [3.05, 3.63) is 41.4 Å². The van der Waals surface area contributed by atoms with Crippen molar-refractivity contribution in [2.24, 2.45) is 0 Å². The summed E-state index contributed by atoms with van der Waals surface area (Å²) in [5, 5.41) is 3.97. The molecule has 94 valence electrons. The van der Waals surface area contributed by atoms with Crippen LogP contribution in [0.2, 0.25) is 0 Å². The Morgan fingerprint density at radius 3 is 2.53 bits per heavy atom. The van der Waals surface area contributed by atoms with Crippen LogP contribution in [0.25, 0.3) is 17.3 Å². The Balaban J connectivity index is 2.10. The molecule has 0 aliphatic rings. The van der Waals surface area contributed by atoms with E-state index < -0.39 is 0 Å². The van der Waals surface area contributed by atoms with E-state index in [0.29, 0.717) is 11.8 Å². The Kier molecular flexibility index (Phi) is 2.92. The van der Waals surface area contributed by atoms with Gasteiger partial charge in [0.2, 0.25) is 5.95 Å². The van der Waals surface area contributed by atoms with Crippen LogP contribution in [0.15, 0.2) is 41.4 Å². The van der Waals surface area contributed by atoms with Crippen molar-refractivity contribution in [3.8, 4) is 17.3 Å². The van der Waals surface area contributed by atoms with Crippen LogP contribution in [0, 0.1) is 0 Å². The maximum Gasteiger partial charge on any atom is 0.257 e. The van der Waals surface area contributed by atoms with Crippen molar-refractivity contribution in [1.29, 1.82) is 0 Å². The van der Waals surface area contributed by atoms with Gasteiger partial charge in [0.25, 0.3) is 5.95 Å². The molecule has 0 spiro atoms. The third-order valence-corrected chi connectivity index (χ3v) is 2.90. The van der Waals surface area contributed by atoms with Crippen LogP contribution in [0.3, 0.4) is 0 Å². The van der Waals surface area contributed by atoms with E-state index in [-0.39, 0.29) is 5.95 Å². The number of nitrogen functional groups attached to an aromatic ring is 1. The quantitative estimate of drug-likeness (QED) is 0.768. The van der Waals surface area contributed by atoms with Crippen LogP contribution in [-0.2, 0) is 0 Å². The van der Waals surface area contributed by atoms with E-state index in [1.165, 1.54) is 17.3 Å². The first-order chi connectivity index (χ1) is 9.22. The standard InChI is InChI=1S/C11H8BrN7/c12-8-3-1-7(2-4-8)9-16-10(13)18-11(17-9)19-6-14-5-15-19/h1-6H,(H2,13,16,17,18). The number of rotatable bonds is 2. The molecule has 8 heteroatoms. The molecule has 2 N–H and O–H groups in total. The van der Waals surface area contributed by atoms with Gasteiger partial charge in [0.15, 0.2) is 5.82 Å². The Hall–Kier alpha value is -2.35. The second kappa shape index (κ2) is 4.73. The molecule has 0 amide bonds. The second-order valence-corrected chi connectivity index (χ2v) is 4.58. The molecule has 3 rings (SSSR count). The molecule has 7 nitrogen and oxygen atoms in total. The SMILES string of the molecule is Nc1nc(-c2ccc(Br)cc2)nc(-n2cncn2)n1. The van der Waals surface area contributed by atoms with Crippen LogP contribution < -0.4 is 5.73 Å². The van der Waals surface area contributed by atoms with Crippen molar-refractivity contribution >= 4 is 21.9 Å². The average Bonchev–Trinajstić information content (AvgIpc) is 2.93. The van der Waals surface area contributed by atoms with Gasteiger partial charge in [-0.3, -0.25) is 0 Å². The molecule has 0 bridgehead atoms. The number of halogens is 1. The van der Waals surface area contributed by atoms with Gasteiger partial charge in [-0.15, -0.1) is 0 Å². The van der Waals surface area contributed by atoms with Crippen LogP contribution in [0.1, 0.15) is 0 Å². The third kappa shape index (κ3) is 2.43. The first-order valence-corrected chi connectivity index (χ1v) is 6.14. The van der Waals surface area contributed by atoms with Gasteiger partial charge in [0.1, 0.15) is 12.7 Å². The molecular formula is C11H8BrN7. The van der Waals surface area contributed by atoms with Crippen LogP contribution in [0.4, 0.5) is 5.95 Å². The largest absolute Gasteiger partial charge is 0.368 e. The van der Waals surface area contributed by atoms with Gasteiger partial charge in [-0.05, 0) is 12.1 Å². The van der Waals surface area contributed by atoms with E-state index in [1.807, 2.05) is 24.3 Å². The summed E-state index contributed by atoms with van der Waals surface area (Å²) in [4.78, 5) is 16.3. The lowest BCUT2D eigenvalue weighted by Crippen LogP contribution is -2.08. The summed E-state index contributed by atoms with van der Waals surface area (Å²) in [6.07, 6.45) is 2.90. The van der Waals surface area contributed by atoms with Gasteiger partial charge in [0, 0.05) is 10.0 Å². The predicted octanol–water partition coefficient (Wildman–Crippen LogP) is 1.46. The van der Waals surface area contributed by atoms with Gasteiger partial charge in [-0.25, -0.2) is 4.98 Å². The molecule has 0 radical (unpaired) electrons. The topological polar surface area (TPSA) is 95.4 Å². The smallest absolute Gasteiger partial charge is 0.257 e. The molecule has 2 aromatic heterocycles. The number of nitrogens with two attached hydrogens (primary N) is 1. The van der Waals surface area contributed by atoms with Gasteiger partial charge in [-0.1, -0.05) is 28.1 Å². The highest BCUT2D eigenvalue weighted by Crippen LogP contribution is 2.19. The number of aromatic nitrogens is 6. The Bertz CT molecular complexity index is 694. The Morgan fingerprint density at radius 1 is 1.05 bits per heavy atom. The first kappa shape index (κ1) is 11.7. The monoisotopic (exact) mass is 317 g/mol. The molecule has 19 heavy (non-hydrogen) atoms. The number of hydrogen-bond acceptors (Lipinski definition) is 6. The van der Waals surface area contributed by atoms with Crippen molar-refractivity contribution in [3.63, 3.8) is 0 Å². The highest BCUT2D eigenvalue weighted by molar-refractivity contribution is 9.10. The first-order valence-electron chi connectivity index (χ1n) is 5.35. The van der Waals surface area contributed by atoms with E-state index in [2.05, 4.69) is 41.0 Å².